The van der Waals surface area contributed by atoms with Crippen LogP contribution in [0.5, 0.6) is 0 Å². The van der Waals surface area contributed by atoms with Gasteiger partial charge in [0.2, 0.25) is 0 Å². The van der Waals surface area contributed by atoms with E-state index in [-0.39, 0.29) is 5.82 Å². The lowest BCUT2D eigenvalue weighted by Gasteiger charge is -1.97. The number of hydrogen-bond donors (Lipinski definition) is 0. The quantitative estimate of drug-likeness (QED) is 0.668. The van der Waals surface area contributed by atoms with Crippen LogP contribution in [0.2, 0.25) is 0 Å². The van der Waals surface area contributed by atoms with Crippen LogP contribution in [0, 0.1) is 19.7 Å². The standard InChI is InChI=1S/C12H11FO/c1-8-7-12(9(2)14-8)10-3-5-11(13)6-4-10/h3-7H,1-2H3. The third kappa shape index (κ3) is 1.55. The minimum atomic E-state index is -0.216. The first-order valence-corrected chi connectivity index (χ1v) is 4.50. The lowest BCUT2D eigenvalue weighted by atomic mass is 10.1. The molecule has 0 saturated heterocycles. The average Bonchev–Trinajstić information content (AvgIpc) is 2.47. The Morgan fingerprint density at radius 1 is 1.07 bits per heavy atom. The summed E-state index contributed by atoms with van der Waals surface area (Å²) >= 11 is 0. The van der Waals surface area contributed by atoms with E-state index in [0.717, 1.165) is 22.6 Å². The minimum Gasteiger partial charge on any atom is -0.466 e. The van der Waals surface area contributed by atoms with Gasteiger partial charge in [0, 0.05) is 5.56 Å². The highest BCUT2D eigenvalue weighted by atomic mass is 19.1. The molecule has 0 fully saturated rings. The van der Waals surface area contributed by atoms with Gasteiger partial charge in [0.25, 0.3) is 0 Å². The zero-order valence-electron chi connectivity index (χ0n) is 8.17. The van der Waals surface area contributed by atoms with E-state index in [1.54, 1.807) is 12.1 Å². The highest BCUT2D eigenvalue weighted by Gasteiger charge is 2.06. The van der Waals surface area contributed by atoms with E-state index in [9.17, 15) is 4.39 Å². The van der Waals surface area contributed by atoms with E-state index in [0.29, 0.717) is 0 Å². The van der Waals surface area contributed by atoms with Gasteiger partial charge in [-0.3, -0.25) is 0 Å². The van der Waals surface area contributed by atoms with E-state index in [1.165, 1.54) is 12.1 Å². The molecule has 0 aliphatic rings. The first kappa shape index (κ1) is 9.00. The maximum absolute atomic E-state index is 12.7. The second-order valence-corrected chi connectivity index (χ2v) is 3.33. The summed E-state index contributed by atoms with van der Waals surface area (Å²) in [6, 6.07) is 8.38. The maximum Gasteiger partial charge on any atom is 0.123 e. The molecule has 0 saturated carbocycles. The van der Waals surface area contributed by atoms with Gasteiger partial charge in [-0.25, -0.2) is 4.39 Å². The van der Waals surface area contributed by atoms with Gasteiger partial charge in [0.1, 0.15) is 17.3 Å². The maximum atomic E-state index is 12.7. The molecule has 0 unspecified atom stereocenters. The number of hydrogen-bond acceptors (Lipinski definition) is 1. The summed E-state index contributed by atoms with van der Waals surface area (Å²) in [6.45, 7) is 3.81. The molecule has 0 bridgehead atoms. The highest BCUT2D eigenvalue weighted by Crippen LogP contribution is 2.26. The summed E-state index contributed by atoms with van der Waals surface area (Å²) < 4.78 is 18.1. The lowest BCUT2D eigenvalue weighted by Crippen LogP contribution is -1.78. The van der Waals surface area contributed by atoms with Gasteiger partial charge in [0.05, 0.1) is 0 Å². The smallest absolute Gasteiger partial charge is 0.123 e. The van der Waals surface area contributed by atoms with Gasteiger partial charge in [-0.15, -0.1) is 0 Å². The summed E-state index contributed by atoms with van der Waals surface area (Å²) in [7, 11) is 0. The van der Waals surface area contributed by atoms with Crippen molar-refractivity contribution in [3.05, 3.63) is 47.7 Å². The zero-order valence-corrected chi connectivity index (χ0v) is 8.17. The first-order valence-electron chi connectivity index (χ1n) is 4.50. The molecule has 72 valence electrons. The van der Waals surface area contributed by atoms with Crippen molar-refractivity contribution in [3.63, 3.8) is 0 Å². The number of halogens is 1. The second-order valence-electron chi connectivity index (χ2n) is 3.33. The normalized spacial score (nSPS) is 10.5. The molecule has 1 aromatic heterocycles. The molecule has 0 aliphatic carbocycles. The molecule has 1 aromatic carbocycles. The lowest BCUT2D eigenvalue weighted by molar-refractivity contribution is 0.505. The van der Waals surface area contributed by atoms with Crippen LogP contribution < -0.4 is 0 Å². The Bertz CT molecular complexity index is 440. The first-order chi connectivity index (χ1) is 6.66. The molecular weight excluding hydrogens is 179 g/mol. The van der Waals surface area contributed by atoms with Gasteiger partial charge < -0.3 is 4.42 Å². The van der Waals surface area contributed by atoms with Crippen molar-refractivity contribution < 1.29 is 8.81 Å². The van der Waals surface area contributed by atoms with Gasteiger partial charge in [-0.1, -0.05) is 12.1 Å². The number of rotatable bonds is 1. The van der Waals surface area contributed by atoms with Crippen molar-refractivity contribution in [2.24, 2.45) is 0 Å². The van der Waals surface area contributed by atoms with Crippen LogP contribution in [0.3, 0.4) is 0 Å². The number of furan rings is 1. The molecule has 0 atom stereocenters. The number of aryl methyl sites for hydroxylation is 2. The van der Waals surface area contributed by atoms with Crippen LogP contribution in [0.1, 0.15) is 11.5 Å². The molecule has 0 aliphatic heterocycles. The largest absolute Gasteiger partial charge is 0.466 e. The Kier molecular flexibility index (Phi) is 2.12. The molecule has 0 N–H and O–H groups in total. The van der Waals surface area contributed by atoms with Gasteiger partial charge >= 0.3 is 0 Å². The van der Waals surface area contributed by atoms with Crippen LogP contribution in [0.15, 0.2) is 34.7 Å². The summed E-state index contributed by atoms with van der Waals surface area (Å²) in [4.78, 5) is 0. The molecule has 2 rings (SSSR count). The van der Waals surface area contributed by atoms with Crippen LogP contribution >= 0.6 is 0 Å². The Morgan fingerprint density at radius 3 is 2.21 bits per heavy atom. The minimum absolute atomic E-state index is 0.216. The van der Waals surface area contributed by atoms with Gasteiger partial charge in [-0.2, -0.15) is 0 Å². The van der Waals surface area contributed by atoms with Crippen LogP contribution in [0.4, 0.5) is 4.39 Å². The molecule has 0 spiro atoms. The fourth-order valence-corrected chi connectivity index (χ4v) is 1.55. The van der Waals surface area contributed by atoms with E-state index in [2.05, 4.69) is 0 Å². The molecule has 2 aromatic rings. The fraction of sp³-hybridized carbons (Fsp3) is 0.167. The average molecular weight is 190 g/mol. The Morgan fingerprint density at radius 2 is 1.71 bits per heavy atom. The van der Waals surface area contributed by atoms with Crippen molar-refractivity contribution >= 4 is 0 Å². The third-order valence-corrected chi connectivity index (χ3v) is 2.20. The predicted octanol–water partition coefficient (Wildman–Crippen LogP) is 3.70. The molecule has 1 heterocycles. The van der Waals surface area contributed by atoms with Crippen molar-refractivity contribution in [2.75, 3.05) is 0 Å². The summed E-state index contributed by atoms with van der Waals surface area (Å²) in [5, 5.41) is 0. The highest BCUT2D eigenvalue weighted by molar-refractivity contribution is 5.65. The monoisotopic (exact) mass is 190 g/mol. The fourth-order valence-electron chi connectivity index (χ4n) is 1.55. The third-order valence-electron chi connectivity index (χ3n) is 2.20. The Labute approximate surface area is 82.2 Å². The van der Waals surface area contributed by atoms with Gasteiger partial charge in [-0.05, 0) is 37.6 Å². The van der Waals surface area contributed by atoms with Crippen LogP contribution in [-0.4, -0.2) is 0 Å². The van der Waals surface area contributed by atoms with Crippen molar-refractivity contribution in [2.45, 2.75) is 13.8 Å². The van der Waals surface area contributed by atoms with Crippen molar-refractivity contribution in [1.29, 1.82) is 0 Å². The van der Waals surface area contributed by atoms with Crippen molar-refractivity contribution in [3.8, 4) is 11.1 Å². The Balaban J connectivity index is 2.49. The second kappa shape index (κ2) is 3.29. The molecule has 2 heteroatoms. The predicted molar refractivity (Wildman–Crippen MR) is 53.6 cm³/mol. The van der Waals surface area contributed by atoms with E-state index < -0.39 is 0 Å². The SMILES string of the molecule is Cc1cc(-c2ccc(F)cc2)c(C)o1. The molecule has 1 nitrogen and oxygen atoms in total. The summed E-state index contributed by atoms with van der Waals surface area (Å²) in [6.07, 6.45) is 0. The van der Waals surface area contributed by atoms with E-state index >= 15 is 0 Å². The topological polar surface area (TPSA) is 13.1 Å². The molecule has 0 amide bonds. The Hall–Kier alpha value is -1.57. The van der Waals surface area contributed by atoms with Crippen LogP contribution in [-0.2, 0) is 0 Å². The van der Waals surface area contributed by atoms with Crippen molar-refractivity contribution in [1.82, 2.24) is 0 Å². The zero-order chi connectivity index (χ0) is 10.1. The number of benzene rings is 1. The summed E-state index contributed by atoms with van der Waals surface area (Å²) in [5.41, 5.74) is 2.02. The summed E-state index contributed by atoms with van der Waals surface area (Å²) in [5.74, 6) is 1.53. The van der Waals surface area contributed by atoms with E-state index in [1.807, 2.05) is 19.9 Å². The molecule has 14 heavy (non-hydrogen) atoms. The van der Waals surface area contributed by atoms with E-state index in [4.69, 9.17) is 4.42 Å². The molecular formula is C12H11FO. The van der Waals surface area contributed by atoms with Crippen LogP contribution in [0.25, 0.3) is 11.1 Å². The molecule has 0 radical (unpaired) electrons. The van der Waals surface area contributed by atoms with Gasteiger partial charge in [0.15, 0.2) is 0 Å².